The van der Waals surface area contributed by atoms with Crippen LogP contribution in [0.4, 0.5) is 11.4 Å². The molecule has 9 heteroatoms. The molecule has 1 heterocycles. The van der Waals surface area contributed by atoms with Crippen molar-refractivity contribution in [3.63, 3.8) is 0 Å². The lowest BCUT2D eigenvalue weighted by Gasteiger charge is -2.14. The van der Waals surface area contributed by atoms with Gasteiger partial charge in [-0.2, -0.15) is 0 Å². The van der Waals surface area contributed by atoms with Crippen LogP contribution in [0.15, 0.2) is 22.8 Å². The van der Waals surface area contributed by atoms with E-state index in [4.69, 9.17) is 16.3 Å². The molecule has 8 nitrogen and oxygen atoms in total. The van der Waals surface area contributed by atoms with Crippen molar-refractivity contribution in [2.24, 2.45) is 0 Å². The zero-order chi connectivity index (χ0) is 15.4. The Kier molecular flexibility index (Phi) is 4.59. The highest BCUT2D eigenvalue weighted by Crippen LogP contribution is 2.27. The lowest BCUT2D eigenvalue weighted by atomic mass is 10.2. The summed E-state index contributed by atoms with van der Waals surface area (Å²) >= 11 is 5.75. The number of hydrogen-bond donors (Lipinski definition) is 1. The van der Waals surface area contributed by atoms with Crippen molar-refractivity contribution in [2.45, 2.75) is 20.0 Å². The van der Waals surface area contributed by atoms with E-state index in [9.17, 15) is 10.1 Å². The number of nitrogens with zero attached hydrogens (tertiary/aromatic N) is 3. The zero-order valence-electron chi connectivity index (χ0n) is 11.4. The van der Waals surface area contributed by atoms with E-state index in [1.807, 2.05) is 0 Å². The predicted molar refractivity (Wildman–Crippen MR) is 75.7 cm³/mol. The largest absolute Gasteiger partial charge is 0.469 e. The van der Waals surface area contributed by atoms with Crippen LogP contribution in [0.1, 0.15) is 12.6 Å². The molecule has 1 aromatic heterocycles. The van der Waals surface area contributed by atoms with Crippen LogP contribution in [0.25, 0.3) is 0 Å². The van der Waals surface area contributed by atoms with Crippen molar-refractivity contribution in [3.8, 4) is 5.88 Å². The molecule has 2 aromatic rings. The standard InChI is InChI=1S/C12H13ClN4O4/c1-7(20-12-8(2)15-21-16-12)6-14-10-4-3-9(13)5-11(10)17(18)19/h3-5,7,14H,6H2,1-2H3. The van der Waals surface area contributed by atoms with Gasteiger partial charge in [-0.15, -0.1) is 0 Å². The van der Waals surface area contributed by atoms with E-state index in [1.165, 1.54) is 6.07 Å². The molecule has 1 unspecified atom stereocenters. The summed E-state index contributed by atoms with van der Waals surface area (Å²) in [5.74, 6) is 0.301. The zero-order valence-corrected chi connectivity index (χ0v) is 12.1. The quantitative estimate of drug-likeness (QED) is 0.646. The van der Waals surface area contributed by atoms with Crippen LogP contribution < -0.4 is 10.1 Å². The third kappa shape index (κ3) is 3.82. The molecule has 21 heavy (non-hydrogen) atoms. The average Bonchev–Trinajstić information content (AvgIpc) is 2.82. The molecule has 0 saturated carbocycles. The fourth-order valence-corrected chi connectivity index (χ4v) is 1.79. The highest BCUT2D eigenvalue weighted by molar-refractivity contribution is 6.30. The molecule has 1 N–H and O–H groups in total. The third-order valence-electron chi connectivity index (χ3n) is 2.66. The second-order valence-electron chi connectivity index (χ2n) is 4.38. The number of rotatable bonds is 6. The third-order valence-corrected chi connectivity index (χ3v) is 2.90. The molecule has 0 aliphatic carbocycles. The van der Waals surface area contributed by atoms with Gasteiger partial charge >= 0.3 is 0 Å². The molecule has 1 aromatic carbocycles. The first-order valence-electron chi connectivity index (χ1n) is 6.11. The van der Waals surface area contributed by atoms with Crippen LogP contribution in [-0.4, -0.2) is 27.9 Å². The highest BCUT2D eigenvalue weighted by atomic mass is 35.5. The molecule has 0 aliphatic rings. The Bertz CT molecular complexity index is 646. The molecule has 0 aliphatic heterocycles. The van der Waals surface area contributed by atoms with Gasteiger partial charge in [0.05, 0.1) is 11.5 Å². The number of anilines is 1. The Morgan fingerprint density at radius 2 is 2.29 bits per heavy atom. The Morgan fingerprint density at radius 1 is 1.52 bits per heavy atom. The van der Waals surface area contributed by atoms with Gasteiger partial charge in [0.25, 0.3) is 11.6 Å². The normalized spacial score (nSPS) is 12.0. The van der Waals surface area contributed by atoms with E-state index in [1.54, 1.807) is 26.0 Å². The van der Waals surface area contributed by atoms with Gasteiger partial charge in [0.1, 0.15) is 17.5 Å². The average molecular weight is 313 g/mol. The number of halogens is 1. The number of benzene rings is 1. The Labute approximate surface area is 125 Å². The predicted octanol–water partition coefficient (Wildman–Crippen LogP) is 2.82. The van der Waals surface area contributed by atoms with Crippen LogP contribution in [0.2, 0.25) is 5.02 Å². The van der Waals surface area contributed by atoms with E-state index in [2.05, 4.69) is 20.3 Å². The molecule has 0 bridgehead atoms. The minimum Gasteiger partial charge on any atom is -0.469 e. The fourth-order valence-electron chi connectivity index (χ4n) is 1.62. The monoisotopic (exact) mass is 312 g/mol. The summed E-state index contributed by atoms with van der Waals surface area (Å²) in [6, 6.07) is 4.42. The van der Waals surface area contributed by atoms with E-state index < -0.39 is 4.92 Å². The summed E-state index contributed by atoms with van der Waals surface area (Å²) in [4.78, 5) is 10.5. The first-order chi connectivity index (χ1) is 9.97. The van der Waals surface area contributed by atoms with Gasteiger partial charge < -0.3 is 10.1 Å². The van der Waals surface area contributed by atoms with Gasteiger partial charge in [-0.3, -0.25) is 10.1 Å². The Morgan fingerprint density at radius 3 is 2.90 bits per heavy atom. The summed E-state index contributed by atoms with van der Waals surface area (Å²) in [7, 11) is 0. The van der Waals surface area contributed by atoms with Crippen molar-refractivity contribution in [2.75, 3.05) is 11.9 Å². The summed E-state index contributed by atoms with van der Waals surface area (Å²) < 4.78 is 10.0. The molecule has 112 valence electrons. The smallest absolute Gasteiger partial charge is 0.293 e. The van der Waals surface area contributed by atoms with E-state index >= 15 is 0 Å². The minimum atomic E-state index is -0.495. The maximum atomic E-state index is 11.0. The molecule has 1 atom stereocenters. The molecular formula is C12H13ClN4O4. The number of nitro groups is 1. The second kappa shape index (κ2) is 6.40. The van der Waals surface area contributed by atoms with Gasteiger partial charge in [-0.05, 0) is 31.1 Å². The summed E-state index contributed by atoms with van der Waals surface area (Å²) in [6.45, 7) is 3.84. The molecule has 0 spiro atoms. The Balaban J connectivity index is 2.00. The van der Waals surface area contributed by atoms with Gasteiger partial charge in [-0.25, -0.2) is 4.63 Å². The second-order valence-corrected chi connectivity index (χ2v) is 4.82. The number of nitrogens with one attached hydrogen (secondary N) is 1. The van der Waals surface area contributed by atoms with E-state index in [0.29, 0.717) is 28.8 Å². The molecule has 0 amide bonds. The first-order valence-corrected chi connectivity index (χ1v) is 6.49. The van der Waals surface area contributed by atoms with Crippen molar-refractivity contribution < 1.29 is 14.3 Å². The molecular weight excluding hydrogens is 300 g/mol. The summed E-state index contributed by atoms with van der Waals surface area (Å²) in [5, 5.41) is 21.4. The van der Waals surface area contributed by atoms with Gasteiger partial charge in [-0.1, -0.05) is 16.8 Å². The van der Waals surface area contributed by atoms with Crippen molar-refractivity contribution in [1.29, 1.82) is 0 Å². The number of nitro benzene ring substituents is 1. The van der Waals surface area contributed by atoms with Crippen LogP contribution >= 0.6 is 11.6 Å². The number of hydrogen-bond acceptors (Lipinski definition) is 7. The molecule has 2 rings (SSSR count). The Hall–Kier alpha value is -2.35. The fraction of sp³-hybridized carbons (Fsp3) is 0.333. The van der Waals surface area contributed by atoms with Crippen LogP contribution in [0.5, 0.6) is 5.88 Å². The van der Waals surface area contributed by atoms with Gasteiger partial charge in [0.2, 0.25) is 0 Å². The number of aryl methyl sites for hydroxylation is 1. The van der Waals surface area contributed by atoms with Crippen molar-refractivity contribution in [3.05, 3.63) is 39.0 Å². The topological polar surface area (TPSA) is 103 Å². The molecule has 0 saturated heterocycles. The van der Waals surface area contributed by atoms with Crippen LogP contribution in [0, 0.1) is 17.0 Å². The van der Waals surface area contributed by atoms with Crippen LogP contribution in [-0.2, 0) is 0 Å². The summed E-state index contributed by atoms with van der Waals surface area (Å²) in [6.07, 6.45) is -0.286. The van der Waals surface area contributed by atoms with E-state index in [0.717, 1.165) is 0 Å². The van der Waals surface area contributed by atoms with Crippen molar-refractivity contribution in [1.82, 2.24) is 10.3 Å². The van der Waals surface area contributed by atoms with Gasteiger partial charge in [0, 0.05) is 11.1 Å². The number of ether oxygens (including phenoxy) is 1. The van der Waals surface area contributed by atoms with Gasteiger partial charge in [0.15, 0.2) is 0 Å². The maximum absolute atomic E-state index is 11.0. The molecule has 0 fully saturated rings. The molecule has 0 radical (unpaired) electrons. The lowest BCUT2D eigenvalue weighted by Crippen LogP contribution is -2.23. The SMILES string of the molecule is Cc1nonc1OC(C)CNc1ccc(Cl)cc1[N+](=O)[O-]. The highest BCUT2D eigenvalue weighted by Gasteiger charge is 2.16. The summed E-state index contributed by atoms with van der Waals surface area (Å²) in [5.41, 5.74) is 0.822. The first kappa shape index (κ1) is 15.0. The number of aromatic nitrogens is 2. The van der Waals surface area contributed by atoms with E-state index in [-0.39, 0.29) is 11.8 Å². The lowest BCUT2D eigenvalue weighted by molar-refractivity contribution is -0.383. The van der Waals surface area contributed by atoms with Crippen LogP contribution in [0.3, 0.4) is 0 Å². The maximum Gasteiger partial charge on any atom is 0.293 e. The minimum absolute atomic E-state index is 0.0889. The van der Waals surface area contributed by atoms with Crippen molar-refractivity contribution >= 4 is 23.0 Å².